The standard InChI is InChI=1S/C17H20BrN3O2/c1-2-8-19-9-10-20-17(22)13-6-7-16(21-12-13)23-15-5-3-4-14(18)11-15/h3-7,11-12,19H,2,8-10H2,1H3,(H,20,22). The van der Waals surface area contributed by atoms with Gasteiger partial charge in [-0.3, -0.25) is 4.79 Å². The number of rotatable bonds is 8. The monoisotopic (exact) mass is 377 g/mol. The zero-order valence-corrected chi connectivity index (χ0v) is 14.6. The molecule has 2 aromatic rings. The second kappa shape index (κ2) is 9.27. The first kappa shape index (κ1) is 17.4. The molecule has 0 atom stereocenters. The first-order valence-corrected chi connectivity index (χ1v) is 8.36. The van der Waals surface area contributed by atoms with E-state index in [9.17, 15) is 4.79 Å². The van der Waals surface area contributed by atoms with Crippen LogP contribution in [0.5, 0.6) is 11.6 Å². The Labute approximate surface area is 144 Å². The second-order valence-electron chi connectivity index (χ2n) is 4.95. The number of carbonyl (C=O) groups is 1. The van der Waals surface area contributed by atoms with Crippen LogP contribution >= 0.6 is 15.9 Å². The first-order valence-electron chi connectivity index (χ1n) is 7.57. The van der Waals surface area contributed by atoms with Crippen LogP contribution in [0.15, 0.2) is 47.1 Å². The number of hydrogen-bond donors (Lipinski definition) is 2. The van der Waals surface area contributed by atoms with Crippen molar-refractivity contribution in [1.29, 1.82) is 0 Å². The van der Waals surface area contributed by atoms with Gasteiger partial charge in [0.2, 0.25) is 5.88 Å². The summed E-state index contributed by atoms with van der Waals surface area (Å²) in [6.07, 6.45) is 2.60. The van der Waals surface area contributed by atoms with Crippen molar-refractivity contribution >= 4 is 21.8 Å². The lowest BCUT2D eigenvalue weighted by Gasteiger charge is -2.07. The lowest BCUT2D eigenvalue weighted by Crippen LogP contribution is -2.32. The summed E-state index contributed by atoms with van der Waals surface area (Å²) >= 11 is 3.39. The molecule has 122 valence electrons. The molecule has 0 fully saturated rings. The molecule has 0 radical (unpaired) electrons. The summed E-state index contributed by atoms with van der Waals surface area (Å²) in [5, 5.41) is 6.07. The zero-order valence-electron chi connectivity index (χ0n) is 13.0. The largest absolute Gasteiger partial charge is 0.439 e. The molecule has 0 saturated carbocycles. The molecule has 5 nitrogen and oxygen atoms in total. The molecule has 1 heterocycles. The smallest absolute Gasteiger partial charge is 0.252 e. The third kappa shape index (κ3) is 6.00. The number of carbonyl (C=O) groups excluding carboxylic acids is 1. The molecule has 0 aliphatic heterocycles. The van der Waals surface area contributed by atoms with Crippen LogP contribution in [0, 0.1) is 0 Å². The SMILES string of the molecule is CCCNCCNC(=O)c1ccc(Oc2cccc(Br)c2)nc1. The number of benzene rings is 1. The molecule has 1 aromatic carbocycles. The number of aromatic nitrogens is 1. The minimum Gasteiger partial charge on any atom is -0.439 e. The zero-order chi connectivity index (χ0) is 16.5. The maximum Gasteiger partial charge on any atom is 0.252 e. The Hall–Kier alpha value is -1.92. The maximum atomic E-state index is 12.0. The number of pyridine rings is 1. The van der Waals surface area contributed by atoms with Crippen LogP contribution < -0.4 is 15.4 Å². The van der Waals surface area contributed by atoms with Crippen LogP contribution in [0.3, 0.4) is 0 Å². The van der Waals surface area contributed by atoms with Crippen LogP contribution in [0.1, 0.15) is 23.7 Å². The third-order valence-corrected chi connectivity index (χ3v) is 3.52. The Morgan fingerprint density at radius 1 is 1.22 bits per heavy atom. The van der Waals surface area contributed by atoms with Gasteiger partial charge < -0.3 is 15.4 Å². The average molecular weight is 378 g/mol. The van der Waals surface area contributed by atoms with Gasteiger partial charge in [-0.25, -0.2) is 4.98 Å². The van der Waals surface area contributed by atoms with Crippen molar-refractivity contribution < 1.29 is 9.53 Å². The average Bonchev–Trinajstić information content (AvgIpc) is 2.55. The van der Waals surface area contributed by atoms with Crippen molar-refractivity contribution in [2.45, 2.75) is 13.3 Å². The van der Waals surface area contributed by atoms with Crippen molar-refractivity contribution in [3.8, 4) is 11.6 Å². The van der Waals surface area contributed by atoms with Crippen molar-refractivity contribution in [1.82, 2.24) is 15.6 Å². The molecule has 1 amide bonds. The molecule has 0 saturated heterocycles. The lowest BCUT2D eigenvalue weighted by atomic mass is 10.2. The normalized spacial score (nSPS) is 10.3. The van der Waals surface area contributed by atoms with E-state index in [2.05, 4.69) is 38.5 Å². The summed E-state index contributed by atoms with van der Waals surface area (Å²) in [7, 11) is 0. The van der Waals surface area contributed by atoms with E-state index in [1.807, 2.05) is 24.3 Å². The maximum absolute atomic E-state index is 12.0. The molecular formula is C17H20BrN3O2. The summed E-state index contributed by atoms with van der Waals surface area (Å²) in [4.78, 5) is 16.1. The molecule has 0 bridgehead atoms. The molecule has 2 rings (SSSR count). The molecule has 2 N–H and O–H groups in total. The van der Waals surface area contributed by atoms with E-state index in [1.54, 1.807) is 12.1 Å². The van der Waals surface area contributed by atoms with E-state index in [-0.39, 0.29) is 5.91 Å². The summed E-state index contributed by atoms with van der Waals surface area (Å²) in [6.45, 7) is 4.42. The lowest BCUT2D eigenvalue weighted by molar-refractivity contribution is 0.0953. The van der Waals surface area contributed by atoms with Crippen molar-refractivity contribution in [2.24, 2.45) is 0 Å². The number of hydrogen-bond acceptors (Lipinski definition) is 4. The number of nitrogens with one attached hydrogen (secondary N) is 2. The van der Waals surface area contributed by atoms with E-state index >= 15 is 0 Å². The highest BCUT2D eigenvalue weighted by molar-refractivity contribution is 9.10. The van der Waals surface area contributed by atoms with Crippen LogP contribution in [-0.4, -0.2) is 30.5 Å². The van der Waals surface area contributed by atoms with Gasteiger partial charge in [-0.1, -0.05) is 28.9 Å². The van der Waals surface area contributed by atoms with Crippen LogP contribution in [-0.2, 0) is 0 Å². The summed E-state index contributed by atoms with van der Waals surface area (Å²) < 4.78 is 6.57. The highest BCUT2D eigenvalue weighted by Crippen LogP contribution is 2.22. The van der Waals surface area contributed by atoms with Gasteiger partial charge in [0.15, 0.2) is 0 Å². The van der Waals surface area contributed by atoms with Gasteiger partial charge in [0.25, 0.3) is 5.91 Å². The van der Waals surface area contributed by atoms with Crippen LogP contribution in [0.4, 0.5) is 0 Å². The molecule has 1 aromatic heterocycles. The molecule has 0 aliphatic carbocycles. The fourth-order valence-corrected chi connectivity index (χ4v) is 2.27. The molecular weight excluding hydrogens is 358 g/mol. The number of ether oxygens (including phenoxy) is 1. The summed E-state index contributed by atoms with van der Waals surface area (Å²) in [5.41, 5.74) is 0.516. The Kier molecular flexibility index (Phi) is 7.03. The molecule has 0 aliphatic rings. The molecule has 0 unspecified atom stereocenters. The van der Waals surface area contributed by atoms with Crippen molar-refractivity contribution in [2.75, 3.05) is 19.6 Å². The fourth-order valence-electron chi connectivity index (χ4n) is 1.89. The molecule has 23 heavy (non-hydrogen) atoms. The van der Waals surface area contributed by atoms with E-state index in [0.29, 0.717) is 23.7 Å². The van der Waals surface area contributed by atoms with Gasteiger partial charge in [-0.15, -0.1) is 0 Å². The third-order valence-electron chi connectivity index (χ3n) is 3.03. The van der Waals surface area contributed by atoms with Crippen molar-refractivity contribution in [3.63, 3.8) is 0 Å². The quantitative estimate of drug-likeness (QED) is 0.692. The predicted molar refractivity (Wildman–Crippen MR) is 93.9 cm³/mol. The number of amides is 1. The van der Waals surface area contributed by atoms with Gasteiger partial charge in [0.1, 0.15) is 5.75 Å². The summed E-state index contributed by atoms with van der Waals surface area (Å²) in [5.74, 6) is 1.00. The Balaban J connectivity index is 1.85. The molecule has 0 spiro atoms. The number of nitrogens with zero attached hydrogens (tertiary/aromatic N) is 1. The number of halogens is 1. The molecule has 6 heteroatoms. The minimum absolute atomic E-state index is 0.134. The predicted octanol–water partition coefficient (Wildman–Crippen LogP) is 3.37. The van der Waals surface area contributed by atoms with E-state index in [0.717, 1.165) is 24.0 Å². The highest BCUT2D eigenvalue weighted by atomic mass is 79.9. The van der Waals surface area contributed by atoms with E-state index < -0.39 is 0 Å². The highest BCUT2D eigenvalue weighted by Gasteiger charge is 2.06. The van der Waals surface area contributed by atoms with Gasteiger partial charge in [-0.2, -0.15) is 0 Å². The Morgan fingerprint density at radius 3 is 2.78 bits per heavy atom. The van der Waals surface area contributed by atoms with Crippen molar-refractivity contribution in [3.05, 3.63) is 52.6 Å². The first-order chi connectivity index (χ1) is 11.2. The Morgan fingerprint density at radius 2 is 2.09 bits per heavy atom. The fraction of sp³-hybridized carbons (Fsp3) is 0.294. The van der Waals surface area contributed by atoms with Gasteiger partial charge in [0.05, 0.1) is 5.56 Å². The second-order valence-corrected chi connectivity index (χ2v) is 5.87. The van der Waals surface area contributed by atoms with Gasteiger partial charge in [-0.05, 0) is 37.2 Å². The van der Waals surface area contributed by atoms with Gasteiger partial charge in [0, 0.05) is 29.8 Å². The van der Waals surface area contributed by atoms with Gasteiger partial charge >= 0.3 is 0 Å². The van der Waals surface area contributed by atoms with E-state index in [1.165, 1.54) is 6.20 Å². The summed E-state index contributed by atoms with van der Waals surface area (Å²) in [6, 6.07) is 10.9. The minimum atomic E-state index is -0.134. The van der Waals surface area contributed by atoms with Crippen LogP contribution in [0.25, 0.3) is 0 Å². The topological polar surface area (TPSA) is 63.2 Å². The van der Waals surface area contributed by atoms with E-state index in [4.69, 9.17) is 4.74 Å². The van der Waals surface area contributed by atoms with Crippen LogP contribution in [0.2, 0.25) is 0 Å². The Bertz CT molecular complexity index is 632.